The molecule has 192 valence electrons. The van der Waals surface area contributed by atoms with E-state index in [2.05, 4.69) is 6.07 Å². The van der Waals surface area contributed by atoms with Crippen molar-refractivity contribution in [2.45, 2.75) is 26.0 Å². The van der Waals surface area contributed by atoms with Gasteiger partial charge in [0.15, 0.2) is 0 Å². The zero-order valence-corrected chi connectivity index (χ0v) is 21.3. The van der Waals surface area contributed by atoms with Gasteiger partial charge in [-0.15, -0.1) is 0 Å². The number of aliphatic hydroxyl groups is 1. The van der Waals surface area contributed by atoms with Crippen molar-refractivity contribution >= 4 is 17.4 Å². The van der Waals surface area contributed by atoms with Gasteiger partial charge in [-0.1, -0.05) is 42.0 Å². The number of aryl methyl sites for hydroxylation is 1. The Kier molecular flexibility index (Phi) is 7.94. The van der Waals surface area contributed by atoms with E-state index in [1.165, 1.54) is 17.0 Å². The van der Waals surface area contributed by atoms with Crippen molar-refractivity contribution in [2.75, 3.05) is 27.2 Å². The van der Waals surface area contributed by atoms with Crippen molar-refractivity contribution < 1.29 is 24.5 Å². The number of hydrogen-bond donors (Lipinski definition) is 2. The molecule has 0 spiro atoms. The lowest BCUT2D eigenvalue weighted by atomic mass is 9.95. The van der Waals surface area contributed by atoms with Crippen molar-refractivity contribution in [3.05, 3.63) is 101 Å². The van der Waals surface area contributed by atoms with Gasteiger partial charge in [0.2, 0.25) is 0 Å². The second-order valence-electron chi connectivity index (χ2n) is 9.54. The third-order valence-corrected chi connectivity index (χ3v) is 6.37. The maximum Gasteiger partial charge on any atom is 0.295 e. The Morgan fingerprint density at radius 2 is 1.70 bits per heavy atom. The Balaban J connectivity index is 1.62. The molecule has 1 atom stereocenters. The first-order valence-electron chi connectivity index (χ1n) is 12.3. The Morgan fingerprint density at radius 1 is 1.00 bits per heavy atom. The SMILES string of the molecule is Cc1cccc(COc2ccc(/C(O)=C3/C(=O)C(=O)N(CCCN(C)C)C3c3ccc(O)cc3)cc2)c1. The standard InChI is InChI=1S/C30H32N2O5/c1-20-6-4-7-21(18-20)19-37-25-14-10-23(11-15-25)28(34)26-27(22-8-12-24(33)13-9-22)32(30(36)29(26)35)17-5-16-31(2)3/h4,6-15,18,27,33-34H,5,16-17,19H2,1-3H3/b28-26-. The molecular weight excluding hydrogens is 468 g/mol. The van der Waals surface area contributed by atoms with Crippen LogP contribution in [0.15, 0.2) is 78.4 Å². The summed E-state index contributed by atoms with van der Waals surface area (Å²) in [7, 11) is 3.89. The monoisotopic (exact) mass is 500 g/mol. The number of ether oxygens (including phenoxy) is 1. The molecule has 1 heterocycles. The molecule has 0 radical (unpaired) electrons. The summed E-state index contributed by atoms with van der Waals surface area (Å²) >= 11 is 0. The number of amides is 1. The highest BCUT2D eigenvalue weighted by atomic mass is 16.5. The molecule has 1 fully saturated rings. The minimum atomic E-state index is -0.750. The van der Waals surface area contributed by atoms with E-state index in [-0.39, 0.29) is 17.1 Å². The van der Waals surface area contributed by atoms with Gasteiger partial charge in [-0.25, -0.2) is 0 Å². The van der Waals surface area contributed by atoms with Crippen LogP contribution in [0.2, 0.25) is 0 Å². The first-order valence-corrected chi connectivity index (χ1v) is 12.3. The molecule has 1 unspecified atom stereocenters. The van der Waals surface area contributed by atoms with Crippen molar-refractivity contribution in [3.8, 4) is 11.5 Å². The Hall–Kier alpha value is -4.10. The number of aliphatic hydroxyl groups excluding tert-OH is 1. The molecule has 0 saturated carbocycles. The second kappa shape index (κ2) is 11.3. The highest BCUT2D eigenvalue weighted by Crippen LogP contribution is 2.40. The molecule has 37 heavy (non-hydrogen) atoms. The van der Waals surface area contributed by atoms with Gasteiger partial charge in [-0.2, -0.15) is 0 Å². The van der Waals surface area contributed by atoms with Crippen LogP contribution in [-0.4, -0.2) is 58.9 Å². The molecule has 2 N–H and O–H groups in total. The zero-order valence-electron chi connectivity index (χ0n) is 21.3. The number of aromatic hydroxyl groups is 1. The molecule has 3 aromatic carbocycles. The third kappa shape index (κ3) is 6.01. The average Bonchev–Trinajstić information content (AvgIpc) is 3.13. The van der Waals surface area contributed by atoms with E-state index in [0.717, 1.165) is 17.7 Å². The van der Waals surface area contributed by atoms with Crippen LogP contribution in [0.1, 0.15) is 34.7 Å². The summed E-state index contributed by atoms with van der Waals surface area (Å²) in [6, 6.07) is 20.5. The fourth-order valence-corrected chi connectivity index (χ4v) is 4.50. The van der Waals surface area contributed by atoms with Crippen LogP contribution in [-0.2, 0) is 16.2 Å². The summed E-state index contributed by atoms with van der Waals surface area (Å²) in [6.07, 6.45) is 0.668. The zero-order chi connectivity index (χ0) is 26.5. The molecule has 7 heteroatoms. The van der Waals surface area contributed by atoms with Gasteiger partial charge in [0.25, 0.3) is 11.7 Å². The Bertz CT molecular complexity index is 1300. The minimum Gasteiger partial charge on any atom is -0.508 e. The quantitative estimate of drug-likeness (QED) is 0.253. The fourth-order valence-electron chi connectivity index (χ4n) is 4.50. The van der Waals surface area contributed by atoms with Crippen LogP contribution in [0.4, 0.5) is 0 Å². The number of rotatable bonds is 9. The molecule has 0 aromatic heterocycles. The Labute approximate surface area is 217 Å². The van der Waals surface area contributed by atoms with Crippen LogP contribution in [0.25, 0.3) is 5.76 Å². The van der Waals surface area contributed by atoms with Gasteiger partial charge in [0.1, 0.15) is 23.9 Å². The van der Waals surface area contributed by atoms with Crippen LogP contribution < -0.4 is 4.74 Å². The molecule has 1 saturated heterocycles. The maximum atomic E-state index is 13.1. The molecular formula is C30H32N2O5. The van der Waals surface area contributed by atoms with E-state index in [1.54, 1.807) is 36.4 Å². The highest BCUT2D eigenvalue weighted by Gasteiger charge is 2.45. The number of benzene rings is 3. The normalized spacial score (nSPS) is 17.0. The lowest BCUT2D eigenvalue weighted by Gasteiger charge is -2.26. The number of nitrogens with zero attached hydrogens (tertiary/aromatic N) is 2. The lowest BCUT2D eigenvalue weighted by molar-refractivity contribution is -0.139. The highest BCUT2D eigenvalue weighted by molar-refractivity contribution is 6.46. The maximum absolute atomic E-state index is 13.1. The van der Waals surface area contributed by atoms with E-state index >= 15 is 0 Å². The molecule has 0 aliphatic carbocycles. The van der Waals surface area contributed by atoms with E-state index in [0.29, 0.717) is 36.4 Å². The molecule has 1 aliphatic heterocycles. The molecule has 0 bridgehead atoms. The smallest absolute Gasteiger partial charge is 0.295 e. The van der Waals surface area contributed by atoms with Crippen LogP contribution in [0, 0.1) is 6.92 Å². The van der Waals surface area contributed by atoms with Crippen molar-refractivity contribution in [1.29, 1.82) is 0 Å². The van der Waals surface area contributed by atoms with Crippen LogP contribution in [0.5, 0.6) is 11.5 Å². The van der Waals surface area contributed by atoms with Crippen LogP contribution >= 0.6 is 0 Å². The first kappa shape index (κ1) is 26.0. The number of hydrogen-bond acceptors (Lipinski definition) is 6. The summed E-state index contributed by atoms with van der Waals surface area (Å²) in [5, 5.41) is 21.0. The predicted octanol–water partition coefficient (Wildman–Crippen LogP) is 4.65. The number of ketones is 1. The van der Waals surface area contributed by atoms with Crippen molar-refractivity contribution in [1.82, 2.24) is 9.80 Å². The van der Waals surface area contributed by atoms with Gasteiger partial charge in [-0.3, -0.25) is 9.59 Å². The molecule has 1 aliphatic rings. The van der Waals surface area contributed by atoms with Crippen molar-refractivity contribution in [2.24, 2.45) is 0 Å². The van der Waals surface area contributed by atoms with E-state index in [1.807, 2.05) is 44.1 Å². The largest absolute Gasteiger partial charge is 0.508 e. The summed E-state index contributed by atoms with van der Waals surface area (Å²) < 4.78 is 5.87. The van der Waals surface area contributed by atoms with Gasteiger partial charge < -0.3 is 24.7 Å². The Morgan fingerprint density at radius 3 is 2.35 bits per heavy atom. The third-order valence-electron chi connectivity index (χ3n) is 6.37. The number of phenols is 1. The summed E-state index contributed by atoms with van der Waals surface area (Å²) in [5.41, 5.74) is 3.30. The summed E-state index contributed by atoms with van der Waals surface area (Å²) in [5.74, 6) is -0.903. The molecule has 7 nitrogen and oxygen atoms in total. The molecule has 1 amide bonds. The van der Waals surface area contributed by atoms with Gasteiger partial charge in [0.05, 0.1) is 11.6 Å². The number of phenolic OH excluding ortho intramolecular Hbond substituents is 1. The van der Waals surface area contributed by atoms with Crippen molar-refractivity contribution in [3.63, 3.8) is 0 Å². The molecule has 4 rings (SSSR count). The number of likely N-dealkylation sites (tertiary alicyclic amines) is 1. The summed E-state index contributed by atoms with van der Waals surface area (Å²) in [6.45, 7) is 3.54. The second-order valence-corrected chi connectivity index (χ2v) is 9.54. The number of carbonyl (C=O) groups excluding carboxylic acids is 2. The number of carbonyl (C=O) groups is 2. The van der Waals surface area contributed by atoms with Crippen LogP contribution in [0.3, 0.4) is 0 Å². The van der Waals surface area contributed by atoms with E-state index in [4.69, 9.17) is 4.74 Å². The average molecular weight is 501 g/mol. The minimum absolute atomic E-state index is 0.0361. The van der Waals surface area contributed by atoms with E-state index in [9.17, 15) is 19.8 Å². The topological polar surface area (TPSA) is 90.3 Å². The number of Topliss-reactive ketones (excluding diaryl/α,β-unsaturated/α-hetero) is 1. The van der Waals surface area contributed by atoms with Gasteiger partial charge >= 0.3 is 0 Å². The summed E-state index contributed by atoms with van der Waals surface area (Å²) in [4.78, 5) is 29.7. The lowest BCUT2D eigenvalue weighted by Crippen LogP contribution is -2.32. The molecule has 3 aromatic rings. The van der Waals surface area contributed by atoms with Gasteiger partial charge in [0, 0.05) is 12.1 Å². The predicted molar refractivity (Wildman–Crippen MR) is 142 cm³/mol. The first-order chi connectivity index (χ1) is 17.7. The fraction of sp³-hybridized carbons (Fsp3) is 0.267. The van der Waals surface area contributed by atoms with Gasteiger partial charge in [-0.05, 0) is 81.5 Å². The van der Waals surface area contributed by atoms with E-state index < -0.39 is 17.7 Å².